The van der Waals surface area contributed by atoms with Gasteiger partial charge in [-0.2, -0.15) is 0 Å². The van der Waals surface area contributed by atoms with Crippen LogP contribution in [0.25, 0.3) is 10.9 Å². The van der Waals surface area contributed by atoms with Crippen LogP contribution in [-0.4, -0.2) is 47.5 Å². The second-order valence-corrected chi connectivity index (χ2v) is 7.49. The van der Waals surface area contributed by atoms with Gasteiger partial charge in [-0.3, -0.25) is 14.3 Å². The number of methoxy groups -OCH3 is 1. The highest BCUT2D eigenvalue weighted by Gasteiger charge is 2.36. The van der Waals surface area contributed by atoms with E-state index in [0.29, 0.717) is 19.5 Å². The first-order valence-electron chi connectivity index (χ1n) is 9.35. The van der Waals surface area contributed by atoms with E-state index in [0.717, 1.165) is 12.8 Å². The molecule has 1 saturated carbocycles. The Balaban J connectivity index is 1.98. The Labute approximate surface area is 159 Å². The molecule has 0 bridgehead atoms. The van der Waals surface area contributed by atoms with Gasteiger partial charge < -0.3 is 26.2 Å². The van der Waals surface area contributed by atoms with Crippen LogP contribution in [0.15, 0.2) is 9.59 Å². The molecule has 2 atom stereocenters. The SMILES string of the molecule is COc1c(N2CCC(C(O)CN)C2)c(F)c(N)c2c(=O)[nH]c(=O)n(C3CC3)c12. The van der Waals surface area contributed by atoms with Crippen LogP contribution in [0.1, 0.15) is 25.3 Å². The van der Waals surface area contributed by atoms with Crippen LogP contribution in [0.4, 0.5) is 15.8 Å². The lowest BCUT2D eigenvalue weighted by Gasteiger charge is -2.25. The second-order valence-electron chi connectivity index (χ2n) is 7.49. The first-order valence-corrected chi connectivity index (χ1v) is 9.35. The van der Waals surface area contributed by atoms with E-state index in [4.69, 9.17) is 16.2 Å². The lowest BCUT2D eigenvalue weighted by Crippen LogP contribution is -2.33. The summed E-state index contributed by atoms with van der Waals surface area (Å²) in [5.74, 6) is -0.769. The minimum absolute atomic E-state index is 0.0798. The van der Waals surface area contributed by atoms with Gasteiger partial charge in [0.2, 0.25) is 0 Å². The number of anilines is 2. The fourth-order valence-electron chi connectivity index (χ4n) is 4.13. The van der Waals surface area contributed by atoms with E-state index in [1.54, 1.807) is 4.90 Å². The summed E-state index contributed by atoms with van der Waals surface area (Å²) in [7, 11) is 1.37. The van der Waals surface area contributed by atoms with Gasteiger partial charge in [0.25, 0.3) is 5.56 Å². The molecule has 152 valence electrons. The number of hydrogen-bond acceptors (Lipinski definition) is 7. The molecule has 1 aromatic carbocycles. The molecule has 1 aliphatic heterocycles. The van der Waals surface area contributed by atoms with Gasteiger partial charge in [0, 0.05) is 31.6 Å². The Bertz CT molecular complexity index is 1050. The van der Waals surface area contributed by atoms with Gasteiger partial charge in [-0.15, -0.1) is 0 Å². The lowest BCUT2D eigenvalue weighted by molar-refractivity contribution is 0.126. The van der Waals surface area contributed by atoms with E-state index in [-0.39, 0.29) is 46.5 Å². The summed E-state index contributed by atoms with van der Waals surface area (Å²) in [6.45, 7) is 0.957. The fraction of sp³-hybridized carbons (Fsp3) is 0.556. The van der Waals surface area contributed by atoms with E-state index in [2.05, 4.69) is 4.98 Å². The average molecular weight is 393 g/mol. The van der Waals surface area contributed by atoms with Crippen molar-refractivity contribution in [3.63, 3.8) is 0 Å². The highest BCUT2D eigenvalue weighted by atomic mass is 19.1. The van der Waals surface area contributed by atoms with E-state index < -0.39 is 23.2 Å². The summed E-state index contributed by atoms with van der Waals surface area (Å²) in [5.41, 5.74) is 10.3. The molecular weight excluding hydrogens is 369 g/mol. The number of hydrogen-bond donors (Lipinski definition) is 4. The van der Waals surface area contributed by atoms with Crippen LogP contribution in [0.3, 0.4) is 0 Å². The Kier molecular flexibility index (Phi) is 4.54. The van der Waals surface area contributed by atoms with Crippen molar-refractivity contribution in [1.29, 1.82) is 0 Å². The monoisotopic (exact) mass is 393 g/mol. The molecule has 2 aliphatic rings. The molecule has 9 nitrogen and oxygen atoms in total. The number of rotatable bonds is 5. The number of aromatic nitrogens is 2. The highest BCUT2D eigenvalue weighted by molar-refractivity contribution is 5.99. The topological polar surface area (TPSA) is 140 Å². The van der Waals surface area contributed by atoms with Crippen molar-refractivity contribution in [2.45, 2.75) is 31.4 Å². The molecule has 6 N–H and O–H groups in total. The molecular formula is C18H24FN5O4. The Morgan fingerprint density at radius 2 is 2.07 bits per heavy atom. The first kappa shape index (κ1) is 18.8. The molecule has 10 heteroatoms. The third-order valence-electron chi connectivity index (χ3n) is 5.73. The smallest absolute Gasteiger partial charge is 0.329 e. The number of nitrogens with one attached hydrogen (secondary N) is 1. The van der Waals surface area contributed by atoms with E-state index >= 15 is 4.39 Å². The Hall–Kier alpha value is -2.59. The summed E-state index contributed by atoms with van der Waals surface area (Å²) in [6, 6.07) is -0.0798. The van der Waals surface area contributed by atoms with Crippen LogP contribution in [-0.2, 0) is 0 Å². The highest BCUT2D eigenvalue weighted by Crippen LogP contribution is 2.45. The van der Waals surface area contributed by atoms with Crippen LogP contribution in [0, 0.1) is 11.7 Å². The molecule has 1 saturated heterocycles. The Morgan fingerprint density at radius 3 is 2.68 bits per heavy atom. The number of nitrogens with zero attached hydrogens (tertiary/aromatic N) is 2. The number of nitrogens with two attached hydrogens (primary N) is 2. The number of H-pyrrole nitrogens is 1. The number of aliphatic hydroxyl groups excluding tert-OH is 1. The maximum absolute atomic E-state index is 15.3. The maximum Gasteiger partial charge on any atom is 0.329 e. The molecule has 28 heavy (non-hydrogen) atoms. The Morgan fingerprint density at radius 1 is 1.36 bits per heavy atom. The summed E-state index contributed by atoms with van der Waals surface area (Å²) in [6.07, 6.45) is 1.50. The molecule has 2 fully saturated rings. The average Bonchev–Trinajstić information content (AvgIpc) is 3.38. The molecule has 2 unspecified atom stereocenters. The predicted octanol–water partition coefficient (Wildman–Crippen LogP) is -0.0995. The number of ether oxygens (including phenoxy) is 1. The molecule has 1 aromatic heterocycles. The van der Waals surface area contributed by atoms with Crippen LogP contribution in [0.5, 0.6) is 5.75 Å². The number of aliphatic hydroxyl groups is 1. The molecule has 2 heterocycles. The number of halogens is 1. The van der Waals surface area contributed by atoms with Crippen LogP contribution in [0.2, 0.25) is 0 Å². The standard InChI is InChI=1S/C18H24FN5O4/c1-28-16-14-11(17(26)22-18(27)24(14)9-2-3-9)13(21)12(19)15(16)23-5-4-8(7-23)10(25)6-20/h8-10,25H,2-7,20-21H2,1H3,(H,22,26,27). The van der Waals surface area contributed by atoms with Gasteiger partial charge in [0.1, 0.15) is 11.2 Å². The van der Waals surface area contributed by atoms with Gasteiger partial charge in [-0.25, -0.2) is 9.18 Å². The van der Waals surface area contributed by atoms with Gasteiger partial charge in [0.15, 0.2) is 11.6 Å². The zero-order valence-electron chi connectivity index (χ0n) is 15.6. The zero-order valence-corrected chi connectivity index (χ0v) is 15.6. The summed E-state index contributed by atoms with van der Waals surface area (Å²) >= 11 is 0. The van der Waals surface area contributed by atoms with Gasteiger partial charge in [-0.05, 0) is 19.3 Å². The summed E-state index contributed by atoms with van der Waals surface area (Å²) in [4.78, 5) is 28.8. The van der Waals surface area contributed by atoms with E-state index in [1.807, 2.05) is 0 Å². The molecule has 0 radical (unpaired) electrons. The van der Waals surface area contributed by atoms with Crippen LogP contribution < -0.4 is 32.4 Å². The normalized spacial score (nSPS) is 20.7. The number of benzene rings is 1. The molecule has 2 aromatic rings. The second kappa shape index (κ2) is 6.78. The molecule has 0 amide bonds. The van der Waals surface area contributed by atoms with Crippen LogP contribution >= 0.6 is 0 Å². The van der Waals surface area contributed by atoms with E-state index in [1.165, 1.54) is 11.7 Å². The van der Waals surface area contributed by atoms with Gasteiger partial charge in [-0.1, -0.05) is 0 Å². The first-order chi connectivity index (χ1) is 13.4. The number of fused-ring (bicyclic) bond motifs is 1. The van der Waals surface area contributed by atoms with Crippen molar-refractivity contribution in [2.75, 3.05) is 37.4 Å². The van der Waals surface area contributed by atoms with Gasteiger partial charge >= 0.3 is 5.69 Å². The number of aromatic amines is 1. The van der Waals surface area contributed by atoms with Crippen molar-refractivity contribution in [1.82, 2.24) is 9.55 Å². The quantitative estimate of drug-likeness (QED) is 0.520. The summed E-state index contributed by atoms with van der Waals surface area (Å²) in [5, 5.41) is 9.97. The van der Waals surface area contributed by atoms with Crippen molar-refractivity contribution >= 4 is 22.3 Å². The predicted molar refractivity (Wildman–Crippen MR) is 103 cm³/mol. The largest absolute Gasteiger partial charge is 0.492 e. The number of nitrogen functional groups attached to an aromatic ring is 1. The summed E-state index contributed by atoms with van der Waals surface area (Å²) < 4.78 is 22.3. The third kappa shape index (κ3) is 2.75. The molecule has 1 aliphatic carbocycles. The molecule has 4 rings (SSSR count). The van der Waals surface area contributed by atoms with Crippen molar-refractivity contribution in [3.8, 4) is 5.75 Å². The lowest BCUT2D eigenvalue weighted by atomic mass is 10.0. The maximum atomic E-state index is 15.3. The van der Waals surface area contributed by atoms with Crippen molar-refractivity contribution in [2.24, 2.45) is 11.7 Å². The molecule has 0 spiro atoms. The minimum Gasteiger partial charge on any atom is -0.492 e. The zero-order chi connectivity index (χ0) is 20.2. The minimum atomic E-state index is -0.765. The van der Waals surface area contributed by atoms with Gasteiger partial charge in [0.05, 0.1) is 24.3 Å². The van der Waals surface area contributed by atoms with E-state index in [9.17, 15) is 14.7 Å². The fourth-order valence-corrected chi connectivity index (χ4v) is 4.13. The van der Waals surface area contributed by atoms with Crippen molar-refractivity contribution in [3.05, 3.63) is 26.7 Å². The third-order valence-corrected chi connectivity index (χ3v) is 5.73. The van der Waals surface area contributed by atoms with Crippen molar-refractivity contribution < 1.29 is 14.2 Å².